The first-order valence-electron chi connectivity index (χ1n) is 11.3. The van der Waals surface area contributed by atoms with Gasteiger partial charge in [0, 0.05) is 38.7 Å². The summed E-state index contributed by atoms with van der Waals surface area (Å²) in [6.07, 6.45) is 3.47. The van der Waals surface area contributed by atoms with E-state index in [1.807, 2.05) is 23.2 Å². The molecule has 2 aliphatic rings. The highest BCUT2D eigenvalue weighted by atomic mass is 16.2. The highest BCUT2D eigenvalue weighted by Crippen LogP contribution is 2.30. The molecule has 3 aromatic rings. The van der Waals surface area contributed by atoms with E-state index in [0.29, 0.717) is 19.6 Å². The second-order valence-electron chi connectivity index (χ2n) is 8.92. The summed E-state index contributed by atoms with van der Waals surface area (Å²) in [5, 5.41) is 2.38. The molecule has 5 rings (SSSR count). The first kappa shape index (κ1) is 20.7. The van der Waals surface area contributed by atoms with Crippen LogP contribution in [-0.4, -0.2) is 75.8 Å². The van der Waals surface area contributed by atoms with Gasteiger partial charge in [-0.1, -0.05) is 36.4 Å². The van der Waals surface area contributed by atoms with Gasteiger partial charge in [-0.25, -0.2) is 4.98 Å². The van der Waals surface area contributed by atoms with Crippen LogP contribution in [0.2, 0.25) is 0 Å². The molecular formula is C25H29N5O2. The Bertz CT molecular complexity index is 1160. The Balaban J connectivity index is 1.43. The maximum absolute atomic E-state index is 13.5. The van der Waals surface area contributed by atoms with Gasteiger partial charge >= 0.3 is 0 Å². The summed E-state index contributed by atoms with van der Waals surface area (Å²) in [6, 6.07) is 14.1. The number of rotatable bonds is 3. The number of hydrogen-bond donors (Lipinski definition) is 1. The molecule has 0 spiro atoms. The molecule has 1 N–H and O–H groups in total. The van der Waals surface area contributed by atoms with Crippen LogP contribution in [0.25, 0.3) is 22.0 Å². The Morgan fingerprint density at radius 1 is 1.03 bits per heavy atom. The number of imidazole rings is 1. The highest BCUT2D eigenvalue weighted by Gasteiger charge is 2.40. The Morgan fingerprint density at radius 3 is 2.66 bits per heavy atom. The van der Waals surface area contributed by atoms with Gasteiger partial charge in [-0.3, -0.25) is 9.59 Å². The summed E-state index contributed by atoms with van der Waals surface area (Å²) in [6.45, 7) is 4.37. The number of nitrogens with one attached hydrogen (secondary N) is 1. The lowest BCUT2D eigenvalue weighted by atomic mass is 10.1. The summed E-state index contributed by atoms with van der Waals surface area (Å²) < 4.78 is 0. The van der Waals surface area contributed by atoms with Crippen molar-refractivity contribution >= 4 is 22.6 Å². The minimum absolute atomic E-state index is 0.0249. The third-order valence-electron chi connectivity index (χ3n) is 6.78. The molecule has 7 nitrogen and oxygen atoms in total. The largest absolute Gasteiger partial charge is 0.340 e. The number of aromatic amines is 1. The Morgan fingerprint density at radius 2 is 1.84 bits per heavy atom. The molecule has 2 unspecified atom stereocenters. The van der Waals surface area contributed by atoms with Crippen molar-refractivity contribution in [2.75, 3.05) is 33.2 Å². The van der Waals surface area contributed by atoms with E-state index >= 15 is 0 Å². The maximum atomic E-state index is 13.5. The first-order valence-corrected chi connectivity index (χ1v) is 11.3. The zero-order valence-electron chi connectivity index (χ0n) is 18.6. The number of carbonyl (C=O) groups excluding carboxylic acids is 2. The summed E-state index contributed by atoms with van der Waals surface area (Å²) in [7, 11) is 2.07. The van der Waals surface area contributed by atoms with Crippen LogP contribution >= 0.6 is 0 Å². The number of H-pyrrole nitrogens is 1. The van der Waals surface area contributed by atoms with Gasteiger partial charge in [0.25, 0.3) is 0 Å². The standard InChI is InChI=1S/C25H29N5O2/c1-17(31)29-11-5-8-22(29)25(32)30-13-12-28(2)16-23(30)24-26-15-21(27-24)20-10-9-18-6-3-4-7-19(18)14-20/h3-4,6-7,9-10,14-15,22-23H,5,8,11-13,16H2,1-2H3,(H,26,27). The number of amides is 2. The van der Waals surface area contributed by atoms with E-state index in [0.717, 1.165) is 36.5 Å². The zero-order chi connectivity index (χ0) is 22.2. The summed E-state index contributed by atoms with van der Waals surface area (Å²) in [4.78, 5) is 39.6. The lowest BCUT2D eigenvalue weighted by molar-refractivity contribution is -0.146. The van der Waals surface area contributed by atoms with Crippen molar-refractivity contribution in [3.8, 4) is 11.3 Å². The van der Waals surface area contributed by atoms with E-state index in [4.69, 9.17) is 0 Å². The fraction of sp³-hybridized carbons (Fsp3) is 0.400. The molecule has 0 bridgehead atoms. The monoisotopic (exact) mass is 431 g/mol. The Kier molecular flexibility index (Phi) is 5.43. The fourth-order valence-corrected chi connectivity index (χ4v) is 5.02. The molecule has 32 heavy (non-hydrogen) atoms. The first-order chi connectivity index (χ1) is 15.5. The van der Waals surface area contributed by atoms with Crippen molar-refractivity contribution in [3.63, 3.8) is 0 Å². The van der Waals surface area contributed by atoms with Crippen LogP contribution in [0, 0.1) is 0 Å². The topological polar surface area (TPSA) is 72.5 Å². The number of hydrogen-bond acceptors (Lipinski definition) is 4. The van der Waals surface area contributed by atoms with Crippen molar-refractivity contribution in [1.29, 1.82) is 0 Å². The number of nitrogens with zero attached hydrogens (tertiary/aromatic N) is 4. The van der Waals surface area contributed by atoms with Crippen molar-refractivity contribution in [1.82, 2.24) is 24.7 Å². The molecule has 2 amide bonds. The fourth-order valence-electron chi connectivity index (χ4n) is 5.02. The van der Waals surface area contributed by atoms with Gasteiger partial charge in [-0.15, -0.1) is 0 Å². The molecule has 2 aromatic carbocycles. The minimum Gasteiger partial charge on any atom is -0.340 e. The molecule has 2 atom stereocenters. The second-order valence-corrected chi connectivity index (χ2v) is 8.92. The molecular weight excluding hydrogens is 402 g/mol. The minimum atomic E-state index is -0.353. The summed E-state index contributed by atoms with van der Waals surface area (Å²) >= 11 is 0. The van der Waals surface area contributed by atoms with E-state index in [1.54, 1.807) is 11.8 Å². The summed E-state index contributed by atoms with van der Waals surface area (Å²) in [5.74, 6) is 0.808. The number of carbonyl (C=O) groups is 2. The maximum Gasteiger partial charge on any atom is 0.246 e. The van der Waals surface area contributed by atoms with Crippen molar-refractivity contribution < 1.29 is 9.59 Å². The zero-order valence-corrected chi connectivity index (χ0v) is 18.6. The van der Waals surface area contributed by atoms with Crippen LogP contribution < -0.4 is 0 Å². The third kappa shape index (κ3) is 3.77. The molecule has 3 heterocycles. The molecule has 166 valence electrons. The van der Waals surface area contributed by atoms with Crippen molar-refractivity contribution in [2.24, 2.45) is 0 Å². The van der Waals surface area contributed by atoms with Crippen LogP contribution in [0.3, 0.4) is 0 Å². The van der Waals surface area contributed by atoms with Crippen molar-refractivity contribution in [2.45, 2.75) is 31.8 Å². The third-order valence-corrected chi connectivity index (χ3v) is 6.78. The number of likely N-dealkylation sites (tertiary alicyclic amines) is 1. The van der Waals surface area contributed by atoms with Gasteiger partial charge in [0.2, 0.25) is 11.8 Å². The van der Waals surface area contributed by atoms with Gasteiger partial charge in [0.15, 0.2) is 0 Å². The number of likely N-dealkylation sites (N-methyl/N-ethyl adjacent to an activating group) is 1. The lowest BCUT2D eigenvalue weighted by Crippen LogP contribution is -2.55. The SMILES string of the molecule is CC(=O)N1CCCC1C(=O)N1CCN(C)CC1c1ncc(-c2ccc3ccccc3c2)[nH]1. The molecule has 0 radical (unpaired) electrons. The second kappa shape index (κ2) is 8.39. The molecule has 2 fully saturated rings. The van der Waals surface area contributed by atoms with Gasteiger partial charge in [-0.05, 0) is 36.7 Å². The molecule has 0 aliphatic carbocycles. The van der Waals surface area contributed by atoms with E-state index in [2.05, 4.69) is 52.2 Å². The van der Waals surface area contributed by atoms with E-state index in [9.17, 15) is 9.59 Å². The Labute approximate surface area is 188 Å². The average molecular weight is 432 g/mol. The van der Waals surface area contributed by atoms with Gasteiger partial charge in [-0.2, -0.15) is 0 Å². The Hall–Kier alpha value is -3.19. The lowest BCUT2D eigenvalue weighted by Gasteiger charge is -2.41. The van der Waals surface area contributed by atoms with Gasteiger partial charge in [0.1, 0.15) is 17.9 Å². The van der Waals surface area contributed by atoms with E-state index < -0.39 is 0 Å². The number of fused-ring (bicyclic) bond motifs is 1. The number of benzene rings is 2. The van der Waals surface area contributed by atoms with Gasteiger partial charge < -0.3 is 19.7 Å². The molecule has 1 aromatic heterocycles. The van der Waals surface area contributed by atoms with Crippen LogP contribution in [0.15, 0.2) is 48.7 Å². The smallest absolute Gasteiger partial charge is 0.246 e. The molecule has 2 aliphatic heterocycles. The van der Waals surface area contributed by atoms with E-state index in [-0.39, 0.29) is 23.9 Å². The molecule has 2 saturated heterocycles. The average Bonchev–Trinajstić information content (AvgIpc) is 3.48. The normalized spacial score (nSPS) is 21.9. The summed E-state index contributed by atoms with van der Waals surface area (Å²) in [5.41, 5.74) is 2.01. The van der Waals surface area contributed by atoms with Crippen LogP contribution in [0.4, 0.5) is 0 Å². The van der Waals surface area contributed by atoms with Crippen molar-refractivity contribution in [3.05, 3.63) is 54.5 Å². The predicted molar refractivity (Wildman–Crippen MR) is 124 cm³/mol. The van der Waals surface area contributed by atoms with Crippen LogP contribution in [0.1, 0.15) is 31.6 Å². The molecule has 0 saturated carbocycles. The highest BCUT2D eigenvalue weighted by molar-refractivity contribution is 5.88. The van der Waals surface area contributed by atoms with Crippen LogP contribution in [0.5, 0.6) is 0 Å². The quantitative estimate of drug-likeness (QED) is 0.692. The van der Waals surface area contributed by atoms with Crippen LogP contribution in [-0.2, 0) is 9.59 Å². The molecule has 7 heteroatoms. The number of aromatic nitrogens is 2. The van der Waals surface area contributed by atoms with Gasteiger partial charge in [0.05, 0.1) is 11.9 Å². The van der Waals surface area contributed by atoms with E-state index in [1.165, 1.54) is 10.8 Å². The number of piperazine rings is 1. The predicted octanol–water partition coefficient (Wildman–Crippen LogP) is 3.06.